The number of nitrogens with two attached hydrogens (primary N) is 1. The molecule has 5 nitrogen and oxygen atoms in total. The summed E-state index contributed by atoms with van der Waals surface area (Å²) in [5.74, 6) is 0.895. The highest BCUT2D eigenvalue weighted by atomic mass is 32.1. The Morgan fingerprint density at radius 1 is 1.58 bits per heavy atom. The van der Waals surface area contributed by atoms with Crippen LogP contribution in [0.4, 0.5) is 10.8 Å². The second kappa shape index (κ2) is 5.77. The third kappa shape index (κ3) is 3.59. The van der Waals surface area contributed by atoms with Gasteiger partial charge in [0, 0.05) is 19.6 Å². The second-order valence-electron chi connectivity index (χ2n) is 5.60. The van der Waals surface area contributed by atoms with Crippen LogP contribution < -0.4 is 16.0 Å². The molecule has 1 aliphatic carbocycles. The lowest BCUT2D eigenvalue weighted by Crippen LogP contribution is -2.28. The van der Waals surface area contributed by atoms with Crippen LogP contribution in [0, 0.1) is 5.92 Å². The summed E-state index contributed by atoms with van der Waals surface area (Å²) in [5.41, 5.74) is 6.39. The molecule has 1 fully saturated rings. The van der Waals surface area contributed by atoms with Gasteiger partial charge < -0.3 is 16.0 Å². The van der Waals surface area contributed by atoms with Gasteiger partial charge in [0.2, 0.25) is 0 Å². The van der Waals surface area contributed by atoms with Gasteiger partial charge in [-0.25, -0.2) is 0 Å². The molecule has 1 heterocycles. The van der Waals surface area contributed by atoms with Crippen molar-refractivity contribution in [2.45, 2.75) is 39.2 Å². The van der Waals surface area contributed by atoms with Crippen molar-refractivity contribution in [3.05, 3.63) is 5.56 Å². The molecule has 6 heteroatoms. The minimum atomic E-state index is -0.0832. The topological polar surface area (TPSA) is 71.2 Å². The van der Waals surface area contributed by atoms with E-state index >= 15 is 0 Å². The highest BCUT2D eigenvalue weighted by Crippen LogP contribution is 2.31. The number of hydrogen-bond donors (Lipinski definition) is 2. The predicted octanol–water partition coefficient (Wildman–Crippen LogP) is 2.10. The van der Waals surface area contributed by atoms with Gasteiger partial charge in [-0.15, -0.1) is 0 Å². The maximum absolute atomic E-state index is 12.2. The maximum Gasteiger partial charge on any atom is 0.258 e. The molecule has 1 aromatic heterocycles. The molecule has 0 unspecified atom stereocenters. The summed E-state index contributed by atoms with van der Waals surface area (Å²) in [6.45, 7) is 5.29. The molecule has 0 atom stereocenters. The van der Waals surface area contributed by atoms with E-state index in [9.17, 15) is 4.79 Å². The number of rotatable bonds is 6. The van der Waals surface area contributed by atoms with Gasteiger partial charge in [-0.1, -0.05) is 13.8 Å². The van der Waals surface area contributed by atoms with Gasteiger partial charge in [0.1, 0.15) is 10.6 Å². The molecular formula is C13H22N4OS. The van der Waals surface area contributed by atoms with Crippen LogP contribution in [0.1, 0.15) is 43.5 Å². The van der Waals surface area contributed by atoms with Crippen LogP contribution in [0.2, 0.25) is 0 Å². The predicted molar refractivity (Wildman–Crippen MR) is 79.7 cm³/mol. The summed E-state index contributed by atoms with van der Waals surface area (Å²) >= 11 is 1.30. The van der Waals surface area contributed by atoms with E-state index in [4.69, 9.17) is 5.73 Å². The van der Waals surface area contributed by atoms with E-state index in [1.807, 2.05) is 7.05 Å². The van der Waals surface area contributed by atoms with E-state index in [2.05, 4.69) is 28.4 Å². The number of nitrogen functional groups attached to an aromatic ring is 1. The van der Waals surface area contributed by atoms with Crippen LogP contribution in [0.3, 0.4) is 0 Å². The number of amides is 1. The average molecular weight is 282 g/mol. The molecule has 2 rings (SSSR count). The summed E-state index contributed by atoms with van der Waals surface area (Å²) in [5, 5.41) is 3.85. The molecule has 0 spiro atoms. The standard InChI is InChI=1S/C13H22N4OS/c1-8(2)6-7-17(3)13-10(11(14)16-19-13)12(18)15-9-4-5-9/h8-9H,4-7H2,1-3H3,(H2,14,16)(H,15,18). The van der Waals surface area contributed by atoms with Crippen LogP contribution in [-0.4, -0.2) is 29.9 Å². The van der Waals surface area contributed by atoms with E-state index < -0.39 is 0 Å². The SMILES string of the molecule is CC(C)CCN(C)c1snc(N)c1C(=O)NC1CC1. The fourth-order valence-corrected chi connectivity index (χ4v) is 2.60. The molecule has 0 aromatic carbocycles. The van der Waals surface area contributed by atoms with Crippen LogP contribution in [0.25, 0.3) is 0 Å². The summed E-state index contributed by atoms with van der Waals surface area (Å²) in [6.07, 6.45) is 3.22. The van der Waals surface area contributed by atoms with E-state index in [-0.39, 0.29) is 5.91 Å². The molecule has 106 valence electrons. The van der Waals surface area contributed by atoms with Gasteiger partial charge in [0.15, 0.2) is 5.82 Å². The lowest BCUT2D eigenvalue weighted by Gasteiger charge is -2.19. The van der Waals surface area contributed by atoms with Gasteiger partial charge in [0.05, 0.1) is 0 Å². The summed E-state index contributed by atoms with van der Waals surface area (Å²) < 4.78 is 4.13. The lowest BCUT2D eigenvalue weighted by molar-refractivity contribution is 0.0952. The van der Waals surface area contributed by atoms with Crippen LogP contribution in [0.15, 0.2) is 0 Å². The van der Waals surface area contributed by atoms with Crippen molar-refractivity contribution in [1.82, 2.24) is 9.69 Å². The molecular weight excluding hydrogens is 260 g/mol. The summed E-state index contributed by atoms with van der Waals surface area (Å²) in [6, 6.07) is 0.334. The summed E-state index contributed by atoms with van der Waals surface area (Å²) in [4.78, 5) is 14.3. The third-order valence-corrected chi connectivity index (χ3v) is 4.21. The van der Waals surface area contributed by atoms with Gasteiger partial charge in [-0.3, -0.25) is 4.79 Å². The van der Waals surface area contributed by atoms with Crippen molar-refractivity contribution >= 4 is 28.3 Å². The maximum atomic E-state index is 12.2. The van der Waals surface area contributed by atoms with Crippen molar-refractivity contribution in [3.8, 4) is 0 Å². The van der Waals surface area contributed by atoms with Crippen molar-refractivity contribution in [2.24, 2.45) is 5.92 Å². The Kier molecular flexibility index (Phi) is 4.29. The van der Waals surface area contributed by atoms with Crippen molar-refractivity contribution < 1.29 is 4.79 Å². The fraction of sp³-hybridized carbons (Fsp3) is 0.692. The highest BCUT2D eigenvalue weighted by Gasteiger charge is 2.28. The minimum absolute atomic E-state index is 0.0832. The molecule has 19 heavy (non-hydrogen) atoms. The average Bonchev–Trinajstić information content (AvgIpc) is 3.06. The zero-order valence-corrected chi connectivity index (χ0v) is 12.6. The first-order valence-electron chi connectivity index (χ1n) is 6.76. The highest BCUT2D eigenvalue weighted by molar-refractivity contribution is 7.11. The van der Waals surface area contributed by atoms with E-state index in [0.29, 0.717) is 23.3 Å². The molecule has 0 saturated heterocycles. The first kappa shape index (κ1) is 14.1. The minimum Gasteiger partial charge on any atom is -0.382 e. The fourth-order valence-electron chi connectivity index (χ4n) is 1.81. The molecule has 1 saturated carbocycles. The number of nitrogens with zero attached hydrogens (tertiary/aromatic N) is 2. The molecule has 0 aliphatic heterocycles. The number of carbonyl (C=O) groups is 1. The van der Waals surface area contributed by atoms with E-state index in [1.165, 1.54) is 11.5 Å². The third-order valence-electron chi connectivity index (χ3n) is 3.23. The lowest BCUT2D eigenvalue weighted by atomic mass is 10.1. The number of carbonyl (C=O) groups excluding carboxylic acids is 1. The zero-order valence-electron chi connectivity index (χ0n) is 11.8. The van der Waals surface area contributed by atoms with E-state index in [0.717, 1.165) is 30.8 Å². The summed E-state index contributed by atoms with van der Waals surface area (Å²) in [7, 11) is 1.99. The van der Waals surface area contributed by atoms with Crippen LogP contribution in [0.5, 0.6) is 0 Å². The number of nitrogens with one attached hydrogen (secondary N) is 1. The molecule has 1 amide bonds. The Morgan fingerprint density at radius 3 is 2.84 bits per heavy atom. The smallest absolute Gasteiger partial charge is 0.258 e. The van der Waals surface area contributed by atoms with Crippen LogP contribution in [-0.2, 0) is 0 Å². The van der Waals surface area contributed by atoms with Gasteiger partial charge in [-0.05, 0) is 36.7 Å². The van der Waals surface area contributed by atoms with Crippen molar-refractivity contribution in [1.29, 1.82) is 0 Å². The van der Waals surface area contributed by atoms with Gasteiger partial charge in [0.25, 0.3) is 5.91 Å². The van der Waals surface area contributed by atoms with Crippen molar-refractivity contribution in [3.63, 3.8) is 0 Å². The number of anilines is 2. The Labute approximate surface area is 118 Å². The Morgan fingerprint density at radius 2 is 2.26 bits per heavy atom. The molecule has 0 bridgehead atoms. The quantitative estimate of drug-likeness (QED) is 0.838. The Balaban J connectivity index is 2.09. The molecule has 3 N–H and O–H groups in total. The first-order valence-corrected chi connectivity index (χ1v) is 7.53. The largest absolute Gasteiger partial charge is 0.382 e. The molecule has 1 aliphatic rings. The number of aromatic nitrogens is 1. The normalized spacial score (nSPS) is 14.7. The molecule has 0 radical (unpaired) electrons. The van der Waals surface area contributed by atoms with Crippen LogP contribution >= 0.6 is 11.5 Å². The van der Waals surface area contributed by atoms with Gasteiger partial charge in [-0.2, -0.15) is 4.37 Å². The second-order valence-corrected chi connectivity index (χ2v) is 6.35. The molecule has 1 aromatic rings. The van der Waals surface area contributed by atoms with Gasteiger partial charge >= 0.3 is 0 Å². The Bertz CT molecular complexity index is 453. The first-order chi connectivity index (χ1) is 8.99. The number of hydrogen-bond acceptors (Lipinski definition) is 5. The monoisotopic (exact) mass is 282 g/mol. The zero-order chi connectivity index (χ0) is 14.0. The van der Waals surface area contributed by atoms with Crippen molar-refractivity contribution in [2.75, 3.05) is 24.2 Å². The van der Waals surface area contributed by atoms with E-state index in [1.54, 1.807) is 0 Å². The Hall–Kier alpha value is -1.30.